The Balaban J connectivity index is 1.90. The van der Waals surface area contributed by atoms with Crippen LogP contribution in [0, 0.1) is 5.82 Å². The molecular weight excluding hydrogens is 319 g/mol. The lowest BCUT2D eigenvalue weighted by Gasteiger charge is -2.08. The maximum Gasteiger partial charge on any atom is 0.341 e. The van der Waals surface area contributed by atoms with Gasteiger partial charge in [0.25, 0.3) is 0 Å². The second-order valence-corrected chi connectivity index (χ2v) is 5.42. The minimum Gasteiger partial charge on any atom is -0.457 e. The first-order chi connectivity index (χ1) is 12.2. The Kier molecular flexibility index (Phi) is 5.00. The number of esters is 1. The summed E-state index contributed by atoms with van der Waals surface area (Å²) in [5.74, 6) is -1.53. The van der Waals surface area contributed by atoms with E-state index in [1.807, 2.05) is 30.3 Å². The number of halogens is 1. The lowest BCUT2D eigenvalue weighted by Crippen LogP contribution is -2.09. The molecule has 0 bridgehead atoms. The topological polar surface area (TPSA) is 43.4 Å². The van der Waals surface area contributed by atoms with Crippen molar-refractivity contribution in [2.45, 2.75) is 6.61 Å². The molecular formula is C21H15FO3. The second kappa shape index (κ2) is 7.53. The van der Waals surface area contributed by atoms with E-state index >= 15 is 0 Å². The highest BCUT2D eigenvalue weighted by Crippen LogP contribution is 2.23. The zero-order chi connectivity index (χ0) is 17.6. The molecule has 3 nitrogen and oxygen atoms in total. The van der Waals surface area contributed by atoms with Gasteiger partial charge in [-0.2, -0.15) is 0 Å². The number of benzene rings is 2. The third kappa shape index (κ3) is 3.80. The molecule has 0 fully saturated rings. The standard InChI is InChI=1S/C21H15FO3/c22-20-17(16-10-5-2-6-13-19(16)23)11-7-12-18(20)21(24)25-14-15-8-3-1-4-9-15/h1-13H,14H2. The molecule has 0 saturated carbocycles. The van der Waals surface area contributed by atoms with E-state index in [4.69, 9.17) is 4.74 Å². The van der Waals surface area contributed by atoms with Crippen LogP contribution >= 0.6 is 0 Å². The fourth-order valence-corrected chi connectivity index (χ4v) is 2.45. The average molecular weight is 334 g/mol. The van der Waals surface area contributed by atoms with Crippen LogP contribution in [-0.2, 0) is 11.3 Å². The smallest absolute Gasteiger partial charge is 0.341 e. The summed E-state index contributed by atoms with van der Waals surface area (Å²) in [4.78, 5) is 24.3. The highest BCUT2D eigenvalue weighted by atomic mass is 19.1. The van der Waals surface area contributed by atoms with Crippen molar-refractivity contribution in [1.82, 2.24) is 0 Å². The van der Waals surface area contributed by atoms with E-state index < -0.39 is 11.8 Å². The molecule has 3 aromatic rings. The number of hydrogen-bond acceptors (Lipinski definition) is 3. The maximum atomic E-state index is 14.8. The van der Waals surface area contributed by atoms with Gasteiger partial charge in [0.15, 0.2) is 5.43 Å². The molecule has 0 saturated heterocycles. The van der Waals surface area contributed by atoms with Crippen LogP contribution in [0.2, 0.25) is 0 Å². The number of carbonyl (C=O) groups is 1. The summed E-state index contributed by atoms with van der Waals surface area (Å²) in [6, 6.07) is 21.3. The molecule has 3 rings (SSSR count). The Hall–Kier alpha value is -3.27. The van der Waals surface area contributed by atoms with Crippen molar-refractivity contribution in [3.8, 4) is 11.1 Å². The molecule has 0 aliphatic heterocycles. The molecule has 4 heteroatoms. The van der Waals surface area contributed by atoms with E-state index in [1.165, 1.54) is 30.3 Å². The minimum atomic E-state index is -0.768. The van der Waals surface area contributed by atoms with Gasteiger partial charge in [-0.3, -0.25) is 4.79 Å². The molecule has 0 heterocycles. The van der Waals surface area contributed by atoms with Crippen molar-refractivity contribution in [3.05, 3.63) is 106 Å². The van der Waals surface area contributed by atoms with Crippen molar-refractivity contribution < 1.29 is 13.9 Å². The molecule has 3 aromatic carbocycles. The fraction of sp³-hybridized carbons (Fsp3) is 0.0476. The first kappa shape index (κ1) is 16.6. The molecule has 0 N–H and O–H groups in total. The number of ether oxygens (including phenoxy) is 1. The number of carbonyl (C=O) groups excluding carboxylic acids is 1. The van der Waals surface area contributed by atoms with Gasteiger partial charge in [-0.1, -0.05) is 66.7 Å². The zero-order valence-corrected chi connectivity index (χ0v) is 13.3. The monoisotopic (exact) mass is 334 g/mol. The molecule has 0 aliphatic rings. The van der Waals surface area contributed by atoms with E-state index in [-0.39, 0.29) is 28.7 Å². The Bertz CT molecular complexity index is 952. The van der Waals surface area contributed by atoms with Gasteiger partial charge in [-0.15, -0.1) is 0 Å². The predicted molar refractivity (Wildman–Crippen MR) is 93.7 cm³/mol. The van der Waals surface area contributed by atoms with Gasteiger partial charge in [0, 0.05) is 11.1 Å². The Labute approximate surface area is 144 Å². The van der Waals surface area contributed by atoms with Crippen molar-refractivity contribution >= 4 is 5.97 Å². The third-order valence-corrected chi connectivity index (χ3v) is 3.72. The van der Waals surface area contributed by atoms with Crippen LogP contribution in [-0.4, -0.2) is 5.97 Å². The summed E-state index contributed by atoms with van der Waals surface area (Å²) >= 11 is 0. The molecule has 0 spiro atoms. The maximum absolute atomic E-state index is 14.8. The van der Waals surface area contributed by atoms with Crippen molar-refractivity contribution in [3.63, 3.8) is 0 Å². The number of rotatable bonds is 4. The summed E-state index contributed by atoms with van der Waals surface area (Å²) in [6.07, 6.45) is 0. The zero-order valence-electron chi connectivity index (χ0n) is 13.3. The molecule has 0 aromatic heterocycles. The second-order valence-electron chi connectivity index (χ2n) is 5.42. The van der Waals surface area contributed by atoms with Crippen LogP contribution in [0.5, 0.6) is 0 Å². The summed E-state index contributed by atoms with van der Waals surface area (Å²) in [5, 5.41) is 0. The molecule has 0 amide bonds. The van der Waals surface area contributed by atoms with E-state index in [0.717, 1.165) is 5.56 Å². The molecule has 25 heavy (non-hydrogen) atoms. The minimum absolute atomic E-state index is 0.0520. The molecule has 0 radical (unpaired) electrons. The summed E-state index contributed by atoms with van der Waals surface area (Å²) in [6.45, 7) is 0.0520. The largest absolute Gasteiger partial charge is 0.457 e. The van der Waals surface area contributed by atoms with Gasteiger partial charge in [0.05, 0.1) is 5.56 Å². The third-order valence-electron chi connectivity index (χ3n) is 3.72. The normalized spacial score (nSPS) is 10.3. The highest BCUT2D eigenvalue weighted by molar-refractivity contribution is 5.91. The number of hydrogen-bond donors (Lipinski definition) is 0. The lowest BCUT2D eigenvalue weighted by molar-refractivity contribution is 0.0467. The molecule has 0 unspecified atom stereocenters. The van der Waals surface area contributed by atoms with Crippen LogP contribution in [0.25, 0.3) is 11.1 Å². The van der Waals surface area contributed by atoms with E-state index in [9.17, 15) is 14.0 Å². The SMILES string of the molecule is O=C(OCc1ccccc1)c1cccc(-c2cccccc2=O)c1F. The van der Waals surface area contributed by atoms with Crippen LogP contribution < -0.4 is 5.43 Å². The van der Waals surface area contributed by atoms with Crippen LogP contribution in [0.3, 0.4) is 0 Å². The van der Waals surface area contributed by atoms with Gasteiger partial charge < -0.3 is 4.74 Å². The van der Waals surface area contributed by atoms with E-state index in [0.29, 0.717) is 0 Å². The van der Waals surface area contributed by atoms with E-state index in [2.05, 4.69) is 0 Å². The Morgan fingerprint density at radius 2 is 1.44 bits per heavy atom. The van der Waals surface area contributed by atoms with Gasteiger partial charge in [-0.25, -0.2) is 9.18 Å². The van der Waals surface area contributed by atoms with E-state index in [1.54, 1.807) is 18.2 Å². The van der Waals surface area contributed by atoms with Gasteiger partial charge in [0.1, 0.15) is 12.4 Å². The fourth-order valence-electron chi connectivity index (χ4n) is 2.45. The van der Waals surface area contributed by atoms with Crippen LogP contribution in [0.15, 0.2) is 83.7 Å². The van der Waals surface area contributed by atoms with Gasteiger partial charge in [-0.05, 0) is 17.7 Å². The quantitative estimate of drug-likeness (QED) is 0.671. The summed E-state index contributed by atoms with van der Waals surface area (Å²) in [5.41, 5.74) is 0.568. The highest BCUT2D eigenvalue weighted by Gasteiger charge is 2.18. The van der Waals surface area contributed by atoms with Crippen LogP contribution in [0.1, 0.15) is 15.9 Å². The summed E-state index contributed by atoms with van der Waals surface area (Å²) in [7, 11) is 0. The predicted octanol–water partition coefficient (Wildman–Crippen LogP) is 4.21. The lowest BCUT2D eigenvalue weighted by atomic mass is 10.0. The summed E-state index contributed by atoms with van der Waals surface area (Å²) < 4.78 is 20.0. The molecule has 0 aliphatic carbocycles. The van der Waals surface area contributed by atoms with Crippen LogP contribution in [0.4, 0.5) is 4.39 Å². The van der Waals surface area contributed by atoms with Gasteiger partial charge >= 0.3 is 5.97 Å². The molecule has 124 valence electrons. The first-order valence-electron chi connectivity index (χ1n) is 7.76. The van der Waals surface area contributed by atoms with Crippen molar-refractivity contribution in [2.24, 2.45) is 0 Å². The van der Waals surface area contributed by atoms with Crippen molar-refractivity contribution in [1.29, 1.82) is 0 Å². The van der Waals surface area contributed by atoms with Gasteiger partial charge in [0.2, 0.25) is 0 Å². The Morgan fingerprint density at radius 3 is 2.20 bits per heavy atom. The average Bonchev–Trinajstić information content (AvgIpc) is 2.85. The Morgan fingerprint density at radius 1 is 0.800 bits per heavy atom. The first-order valence-corrected chi connectivity index (χ1v) is 7.76. The molecule has 0 atom stereocenters. The van der Waals surface area contributed by atoms with Crippen molar-refractivity contribution in [2.75, 3.05) is 0 Å².